The molecule has 0 bridgehead atoms. The van der Waals surface area contributed by atoms with Gasteiger partial charge in [-0.05, 0) is 43.4 Å². The third-order valence-electron chi connectivity index (χ3n) is 5.31. The number of carbonyl (C=O) groups is 3. The second kappa shape index (κ2) is 10.5. The molecule has 0 aromatic rings. The fraction of sp³-hybridized carbons (Fsp3) is 0.500. The van der Waals surface area contributed by atoms with Gasteiger partial charge >= 0.3 is 13.1 Å². The minimum Gasteiger partial charge on any atom is -0.507 e. The first-order valence-corrected chi connectivity index (χ1v) is 10.7. The largest absolute Gasteiger partial charge is 0.551 e. The molecule has 2 heterocycles. The van der Waals surface area contributed by atoms with Crippen molar-refractivity contribution < 1.29 is 23.7 Å². The second-order valence-corrected chi connectivity index (χ2v) is 8.41. The van der Waals surface area contributed by atoms with Crippen LogP contribution in [0.3, 0.4) is 0 Å². The highest BCUT2D eigenvalue weighted by Crippen LogP contribution is 2.25. The highest BCUT2D eigenvalue weighted by atomic mass is 16.7. The third kappa shape index (κ3) is 6.34. The van der Waals surface area contributed by atoms with E-state index in [9.17, 15) is 14.4 Å². The van der Waals surface area contributed by atoms with Gasteiger partial charge in [-0.25, -0.2) is 0 Å². The van der Waals surface area contributed by atoms with Crippen molar-refractivity contribution >= 4 is 24.9 Å². The van der Waals surface area contributed by atoms with E-state index in [0.29, 0.717) is 6.42 Å². The summed E-state index contributed by atoms with van der Waals surface area (Å²) in [5, 5.41) is 5.56. The van der Waals surface area contributed by atoms with Crippen molar-refractivity contribution in [2.45, 2.75) is 45.6 Å². The Bertz CT molecular complexity index is 833. The van der Waals surface area contributed by atoms with Crippen LogP contribution in [0, 0.1) is 5.92 Å². The normalized spacial score (nSPS) is 24.3. The van der Waals surface area contributed by atoms with E-state index >= 15 is 0 Å². The smallest absolute Gasteiger partial charge is 0.507 e. The molecule has 2 atom stereocenters. The summed E-state index contributed by atoms with van der Waals surface area (Å²) in [6.45, 7) is 6.56. The number of nitrogens with one attached hydrogen (secondary N) is 2. The van der Waals surface area contributed by atoms with Crippen LogP contribution in [0.4, 0.5) is 0 Å². The first-order valence-electron chi connectivity index (χ1n) is 10.7. The minimum atomic E-state index is -0.792. The number of rotatable bonds is 8. The van der Waals surface area contributed by atoms with Gasteiger partial charge in [-0.1, -0.05) is 38.2 Å². The summed E-state index contributed by atoms with van der Waals surface area (Å²) in [5.41, 5.74) is 2.08. The molecule has 0 aromatic heterocycles. The summed E-state index contributed by atoms with van der Waals surface area (Å²) in [5.74, 6) is -1.15. The summed E-state index contributed by atoms with van der Waals surface area (Å²) in [6, 6.07) is -0.300. The van der Waals surface area contributed by atoms with E-state index in [1.807, 2.05) is 62.1 Å². The van der Waals surface area contributed by atoms with Crippen LogP contribution in [0.5, 0.6) is 0 Å². The lowest BCUT2D eigenvalue weighted by Crippen LogP contribution is -2.57. The molecule has 0 aromatic carbocycles. The minimum absolute atomic E-state index is 0.113. The van der Waals surface area contributed by atoms with Crippen LogP contribution in [0.2, 0.25) is 0 Å². The molecule has 2 saturated heterocycles. The number of carbonyl (C=O) groups excluding carboxylic acids is 3. The van der Waals surface area contributed by atoms with Gasteiger partial charge in [-0.3, -0.25) is 14.4 Å². The van der Waals surface area contributed by atoms with Crippen LogP contribution in [0.15, 0.2) is 47.7 Å². The summed E-state index contributed by atoms with van der Waals surface area (Å²) >= 11 is 0. The predicted octanol–water partition coefficient (Wildman–Crippen LogP) is 1.26. The lowest BCUT2D eigenvalue weighted by atomic mass is 9.74. The number of hydrogen-bond donors (Lipinski definition) is 2. The Kier molecular flexibility index (Phi) is 7.73. The second-order valence-electron chi connectivity index (χ2n) is 8.41. The van der Waals surface area contributed by atoms with Crippen LogP contribution in [-0.2, 0) is 23.7 Å². The van der Waals surface area contributed by atoms with E-state index in [1.165, 1.54) is 0 Å². The van der Waals surface area contributed by atoms with E-state index in [1.54, 1.807) is 0 Å². The van der Waals surface area contributed by atoms with Gasteiger partial charge in [0.25, 0.3) is 0 Å². The van der Waals surface area contributed by atoms with E-state index < -0.39 is 19.0 Å². The third-order valence-corrected chi connectivity index (χ3v) is 5.31. The van der Waals surface area contributed by atoms with Crippen LogP contribution in [-0.4, -0.2) is 61.5 Å². The molecular formula is C22H30BN3O5. The first kappa shape index (κ1) is 22.9. The average Bonchev–Trinajstić information content (AvgIpc) is 3.08. The maximum Gasteiger partial charge on any atom is 0.551 e. The number of allylic oxidation sites excluding steroid dienone is 7. The van der Waals surface area contributed by atoms with Gasteiger partial charge < -0.3 is 24.8 Å². The van der Waals surface area contributed by atoms with Crippen molar-refractivity contribution in [1.29, 1.82) is 0 Å². The molecule has 2 N–H and O–H groups in total. The Balaban J connectivity index is 1.52. The number of likely N-dealkylation sites (tertiary alicyclic amines) is 1. The summed E-state index contributed by atoms with van der Waals surface area (Å²) < 4.78 is 10.5. The van der Waals surface area contributed by atoms with Gasteiger partial charge in [0, 0.05) is 12.2 Å². The Hall–Kier alpha value is -2.81. The van der Waals surface area contributed by atoms with E-state index in [-0.39, 0.29) is 36.9 Å². The first-order chi connectivity index (χ1) is 14.8. The van der Waals surface area contributed by atoms with Crippen molar-refractivity contribution in [2.24, 2.45) is 5.92 Å². The quantitative estimate of drug-likeness (QED) is 0.567. The van der Waals surface area contributed by atoms with E-state index in [2.05, 4.69) is 10.6 Å². The molecule has 8 nitrogen and oxygen atoms in total. The predicted molar refractivity (Wildman–Crippen MR) is 117 cm³/mol. The molecule has 2 amide bonds. The number of hydrogen-bond acceptors (Lipinski definition) is 6. The van der Waals surface area contributed by atoms with Crippen LogP contribution < -0.4 is 10.6 Å². The van der Waals surface area contributed by atoms with Crippen molar-refractivity contribution in [2.75, 3.05) is 19.7 Å². The maximum absolute atomic E-state index is 12.7. The van der Waals surface area contributed by atoms with Gasteiger partial charge in [-0.2, -0.15) is 0 Å². The molecule has 2 aliphatic heterocycles. The standard InChI is InChI=1S/C22H30BN3O5/c1-15(2)11-19(23-30-14-21(28)31-23)25-20(27)13-24-22(29)18-9-10-26(18)17-8-6-4-5-7-16(3)12-17/h4-8,12,15,18-19H,9-11,13-14H2,1-3H3,(H,24,29)(H,25,27)/b5-4?,6-4-,7-5?,8-6?,16-7?,16-12?,17-8+,17-12?. The monoisotopic (exact) mass is 427 g/mol. The van der Waals surface area contributed by atoms with Crippen LogP contribution in [0.25, 0.3) is 0 Å². The SMILES string of the molecule is CC1=C/C(N2CCC2C(=O)NCC(=O)NC(CC(C)C)B2OCC(=O)O2)=C\C=C/C=C1. The summed E-state index contributed by atoms with van der Waals surface area (Å²) in [7, 11) is -0.792. The fourth-order valence-electron chi connectivity index (χ4n) is 3.74. The Labute approximate surface area is 183 Å². The highest BCUT2D eigenvalue weighted by molar-refractivity contribution is 6.51. The summed E-state index contributed by atoms with van der Waals surface area (Å²) in [4.78, 5) is 38.5. The van der Waals surface area contributed by atoms with Crippen molar-refractivity contribution in [3.8, 4) is 0 Å². The molecule has 9 heteroatoms. The zero-order valence-corrected chi connectivity index (χ0v) is 18.3. The number of nitrogens with zero attached hydrogens (tertiary/aromatic N) is 1. The zero-order valence-electron chi connectivity index (χ0n) is 18.3. The molecule has 1 aliphatic carbocycles. The molecule has 166 valence electrons. The molecule has 2 unspecified atom stereocenters. The number of amides is 2. The van der Waals surface area contributed by atoms with Crippen LogP contribution >= 0.6 is 0 Å². The zero-order chi connectivity index (χ0) is 22.4. The van der Waals surface area contributed by atoms with E-state index in [0.717, 1.165) is 24.2 Å². The molecule has 2 fully saturated rings. The fourth-order valence-corrected chi connectivity index (χ4v) is 3.74. The summed E-state index contributed by atoms with van der Waals surface area (Å²) in [6.07, 6.45) is 13.2. The molecule has 0 radical (unpaired) electrons. The molecule has 3 rings (SSSR count). The molecule has 0 spiro atoms. The molecule has 3 aliphatic rings. The van der Waals surface area contributed by atoms with E-state index in [4.69, 9.17) is 9.31 Å². The van der Waals surface area contributed by atoms with Gasteiger partial charge in [0.15, 0.2) is 0 Å². The molecule has 31 heavy (non-hydrogen) atoms. The topological polar surface area (TPSA) is 97.0 Å². The maximum atomic E-state index is 12.7. The van der Waals surface area contributed by atoms with Crippen molar-refractivity contribution in [3.05, 3.63) is 47.7 Å². The Morgan fingerprint density at radius 1 is 1.29 bits per heavy atom. The van der Waals surface area contributed by atoms with Gasteiger partial charge in [0.2, 0.25) is 11.8 Å². The van der Waals surface area contributed by atoms with Gasteiger partial charge in [-0.15, -0.1) is 0 Å². The van der Waals surface area contributed by atoms with Gasteiger partial charge in [0.05, 0.1) is 12.5 Å². The lowest BCUT2D eigenvalue weighted by Gasteiger charge is -2.42. The molecule has 0 saturated carbocycles. The Morgan fingerprint density at radius 3 is 2.74 bits per heavy atom. The Morgan fingerprint density at radius 2 is 2.10 bits per heavy atom. The van der Waals surface area contributed by atoms with Crippen molar-refractivity contribution in [1.82, 2.24) is 15.5 Å². The van der Waals surface area contributed by atoms with Crippen molar-refractivity contribution in [3.63, 3.8) is 0 Å². The highest BCUT2D eigenvalue weighted by Gasteiger charge is 2.41. The van der Waals surface area contributed by atoms with Crippen LogP contribution in [0.1, 0.15) is 33.6 Å². The van der Waals surface area contributed by atoms with Gasteiger partial charge in [0.1, 0.15) is 12.6 Å². The average molecular weight is 427 g/mol. The lowest BCUT2D eigenvalue weighted by molar-refractivity contribution is -0.132. The molecular weight excluding hydrogens is 397 g/mol.